The summed E-state index contributed by atoms with van der Waals surface area (Å²) in [4.78, 5) is 8.08. The van der Waals surface area contributed by atoms with E-state index >= 15 is 0 Å². The van der Waals surface area contributed by atoms with Gasteiger partial charge >= 0.3 is 0 Å². The van der Waals surface area contributed by atoms with Crippen molar-refractivity contribution >= 4 is 11.6 Å². The Bertz CT molecular complexity index is 371. The average Bonchev–Trinajstić information content (AvgIpc) is 2.39. The molecule has 0 aliphatic heterocycles. The van der Waals surface area contributed by atoms with Gasteiger partial charge in [0.15, 0.2) is 0 Å². The first kappa shape index (κ1) is 13.1. The maximum atomic E-state index is 10.5. The summed E-state index contributed by atoms with van der Waals surface area (Å²) in [5.41, 5.74) is 4.87. The molecule has 5 heteroatoms. The number of anilines is 2. The summed E-state index contributed by atoms with van der Waals surface area (Å²) >= 11 is 0. The van der Waals surface area contributed by atoms with Gasteiger partial charge < -0.3 is 16.2 Å². The highest BCUT2D eigenvalue weighted by Gasteiger charge is 2.32. The van der Waals surface area contributed by atoms with Gasteiger partial charge in [0.1, 0.15) is 11.6 Å². The number of hydrogen-bond donors (Lipinski definition) is 3. The van der Waals surface area contributed by atoms with Gasteiger partial charge in [0, 0.05) is 6.54 Å². The fourth-order valence-corrected chi connectivity index (χ4v) is 2.48. The van der Waals surface area contributed by atoms with Crippen molar-refractivity contribution in [3.8, 4) is 0 Å². The largest absolute Gasteiger partial charge is 0.388 e. The lowest BCUT2D eigenvalue weighted by Gasteiger charge is -2.35. The number of aromatic nitrogens is 2. The van der Waals surface area contributed by atoms with E-state index in [9.17, 15) is 5.11 Å². The fraction of sp³-hybridized carbons (Fsp3) is 0.692. The van der Waals surface area contributed by atoms with Gasteiger partial charge in [0.05, 0.1) is 18.0 Å². The summed E-state index contributed by atoms with van der Waals surface area (Å²) in [7, 11) is 0. The maximum absolute atomic E-state index is 10.5. The first-order chi connectivity index (χ1) is 8.61. The highest BCUT2D eigenvalue weighted by molar-refractivity contribution is 5.36. The topological polar surface area (TPSA) is 84.1 Å². The van der Waals surface area contributed by atoms with Crippen molar-refractivity contribution in [2.24, 2.45) is 5.92 Å². The molecule has 1 aromatic rings. The molecule has 1 saturated carbocycles. The summed E-state index contributed by atoms with van der Waals surface area (Å²) in [6.07, 6.45) is 8.27. The number of nitrogens with two attached hydrogens (primary N) is 1. The third-order valence-electron chi connectivity index (χ3n) is 3.88. The summed E-state index contributed by atoms with van der Waals surface area (Å²) in [6.45, 7) is 2.75. The zero-order valence-electron chi connectivity index (χ0n) is 10.9. The van der Waals surface area contributed by atoms with Crippen LogP contribution in [0.5, 0.6) is 0 Å². The normalized spacial score (nSPS) is 28.0. The predicted octanol–water partition coefficient (Wildman–Crippen LogP) is 1.80. The van der Waals surface area contributed by atoms with Crippen LogP contribution >= 0.6 is 0 Å². The second-order valence-electron chi connectivity index (χ2n) is 5.26. The lowest BCUT2D eigenvalue weighted by atomic mass is 9.78. The van der Waals surface area contributed by atoms with Crippen molar-refractivity contribution in [3.63, 3.8) is 0 Å². The molecule has 100 valence electrons. The van der Waals surface area contributed by atoms with Gasteiger partial charge in [-0.2, -0.15) is 0 Å². The molecule has 2 rings (SSSR count). The highest BCUT2D eigenvalue weighted by atomic mass is 16.3. The van der Waals surface area contributed by atoms with Crippen molar-refractivity contribution in [3.05, 3.63) is 12.4 Å². The zero-order chi connectivity index (χ0) is 13.0. The van der Waals surface area contributed by atoms with Crippen LogP contribution in [0.15, 0.2) is 12.4 Å². The second-order valence-corrected chi connectivity index (χ2v) is 5.26. The summed E-state index contributed by atoms with van der Waals surface area (Å²) in [5.74, 6) is 1.85. The lowest BCUT2D eigenvalue weighted by molar-refractivity contribution is 0.00223. The van der Waals surface area contributed by atoms with Gasteiger partial charge in [-0.15, -0.1) is 0 Å². The van der Waals surface area contributed by atoms with Crippen LogP contribution in [-0.2, 0) is 0 Å². The van der Waals surface area contributed by atoms with Crippen molar-refractivity contribution in [2.45, 2.75) is 44.6 Å². The van der Waals surface area contributed by atoms with E-state index in [1.165, 1.54) is 12.6 Å². The second kappa shape index (κ2) is 5.52. The number of aliphatic hydroxyl groups is 1. The number of hydrogen-bond acceptors (Lipinski definition) is 5. The van der Waals surface area contributed by atoms with E-state index in [-0.39, 0.29) is 0 Å². The van der Waals surface area contributed by atoms with Crippen LogP contribution < -0.4 is 11.1 Å². The Morgan fingerprint density at radius 2 is 2.11 bits per heavy atom. The Kier molecular flexibility index (Phi) is 4.01. The molecule has 1 heterocycles. The molecule has 0 bridgehead atoms. The number of nitrogens with one attached hydrogen (secondary N) is 1. The van der Waals surface area contributed by atoms with Gasteiger partial charge in [-0.3, -0.25) is 0 Å². The molecular weight excluding hydrogens is 228 g/mol. The van der Waals surface area contributed by atoms with Crippen molar-refractivity contribution in [1.82, 2.24) is 9.97 Å². The molecule has 4 N–H and O–H groups in total. The van der Waals surface area contributed by atoms with Crippen molar-refractivity contribution in [1.29, 1.82) is 0 Å². The van der Waals surface area contributed by atoms with Gasteiger partial charge in [0.2, 0.25) is 0 Å². The molecule has 0 atom stereocenters. The van der Waals surface area contributed by atoms with E-state index in [2.05, 4.69) is 22.2 Å². The molecular formula is C13H22N4O. The predicted molar refractivity (Wildman–Crippen MR) is 72.1 cm³/mol. The lowest BCUT2D eigenvalue weighted by Crippen LogP contribution is -2.40. The molecule has 0 aromatic carbocycles. The van der Waals surface area contributed by atoms with Gasteiger partial charge in [-0.1, -0.05) is 13.3 Å². The minimum atomic E-state index is -0.602. The van der Waals surface area contributed by atoms with E-state index in [4.69, 9.17) is 5.73 Å². The molecule has 0 radical (unpaired) electrons. The summed E-state index contributed by atoms with van der Waals surface area (Å²) in [5, 5.41) is 13.6. The number of nitrogens with zero attached hydrogens (tertiary/aromatic N) is 2. The standard InChI is InChI=1S/C13H22N4O/c1-2-10-3-5-13(18,6-4-10)9-17-12-8-15-11(14)7-16-12/h7-8,10,18H,2-6,9H2,1H3,(H2,14,15)(H,16,17). The Labute approximate surface area is 108 Å². The minimum absolute atomic E-state index is 0.405. The first-order valence-electron chi connectivity index (χ1n) is 6.65. The summed E-state index contributed by atoms with van der Waals surface area (Å²) < 4.78 is 0. The number of nitrogen functional groups attached to an aromatic ring is 1. The summed E-state index contributed by atoms with van der Waals surface area (Å²) in [6, 6.07) is 0. The van der Waals surface area contributed by atoms with Crippen LogP contribution in [0.2, 0.25) is 0 Å². The SMILES string of the molecule is CCC1CCC(O)(CNc2cnc(N)cn2)CC1. The van der Waals surface area contributed by atoms with E-state index in [1.54, 1.807) is 6.20 Å². The first-order valence-corrected chi connectivity index (χ1v) is 6.65. The molecule has 0 unspecified atom stereocenters. The molecule has 1 aliphatic rings. The Morgan fingerprint density at radius 3 is 2.67 bits per heavy atom. The monoisotopic (exact) mass is 250 g/mol. The van der Waals surface area contributed by atoms with E-state index in [1.807, 2.05) is 0 Å². The molecule has 1 aromatic heterocycles. The average molecular weight is 250 g/mol. The van der Waals surface area contributed by atoms with Crippen molar-refractivity contribution in [2.75, 3.05) is 17.6 Å². The molecule has 18 heavy (non-hydrogen) atoms. The van der Waals surface area contributed by atoms with Crippen LogP contribution in [0.1, 0.15) is 39.0 Å². The zero-order valence-corrected chi connectivity index (χ0v) is 10.9. The maximum Gasteiger partial charge on any atom is 0.144 e. The number of rotatable bonds is 4. The Morgan fingerprint density at radius 1 is 1.39 bits per heavy atom. The molecule has 1 fully saturated rings. The van der Waals surface area contributed by atoms with Crippen LogP contribution in [0.25, 0.3) is 0 Å². The third-order valence-corrected chi connectivity index (χ3v) is 3.88. The van der Waals surface area contributed by atoms with E-state index < -0.39 is 5.60 Å². The van der Waals surface area contributed by atoms with Gasteiger partial charge in [-0.25, -0.2) is 9.97 Å². The highest BCUT2D eigenvalue weighted by Crippen LogP contribution is 2.33. The molecule has 1 aliphatic carbocycles. The van der Waals surface area contributed by atoms with Crippen LogP contribution in [0.3, 0.4) is 0 Å². The smallest absolute Gasteiger partial charge is 0.144 e. The van der Waals surface area contributed by atoms with Crippen LogP contribution in [-0.4, -0.2) is 27.2 Å². The molecule has 0 amide bonds. The van der Waals surface area contributed by atoms with Gasteiger partial charge in [-0.05, 0) is 31.6 Å². The quantitative estimate of drug-likeness (QED) is 0.759. The molecule has 0 spiro atoms. The third kappa shape index (κ3) is 3.32. The Balaban J connectivity index is 1.84. The fourth-order valence-electron chi connectivity index (χ4n) is 2.48. The van der Waals surface area contributed by atoms with E-state index in [0.29, 0.717) is 18.2 Å². The Hall–Kier alpha value is -1.36. The van der Waals surface area contributed by atoms with Crippen molar-refractivity contribution < 1.29 is 5.11 Å². The van der Waals surface area contributed by atoms with Crippen LogP contribution in [0.4, 0.5) is 11.6 Å². The minimum Gasteiger partial charge on any atom is -0.388 e. The molecule has 0 saturated heterocycles. The van der Waals surface area contributed by atoms with E-state index in [0.717, 1.165) is 31.6 Å². The van der Waals surface area contributed by atoms with Crippen LogP contribution in [0, 0.1) is 5.92 Å². The molecule has 5 nitrogen and oxygen atoms in total. The van der Waals surface area contributed by atoms with Gasteiger partial charge in [0.25, 0.3) is 0 Å².